The van der Waals surface area contributed by atoms with E-state index in [0.29, 0.717) is 20.6 Å². The summed E-state index contributed by atoms with van der Waals surface area (Å²) in [4.78, 5) is 0. The van der Waals surface area contributed by atoms with Crippen LogP contribution in [0.4, 0.5) is 0 Å². The highest BCUT2D eigenvalue weighted by molar-refractivity contribution is 6.43. The van der Waals surface area contributed by atoms with Crippen LogP contribution >= 0.6 is 34.8 Å². The summed E-state index contributed by atoms with van der Waals surface area (Å²) in [5.74, 6) is 0. The van der Waals surface area contributed by atoms with Crippen molar-refractivity contribution in [2.45, 2.75) is 0 Å². The fourth-order valence-corrected chi connectivity index (χ4v) is 1.34. The van der Waals surface area contributed by atoms with Crippen LogP contribution in [0.15, 0.2) is 12.1 Å². The molecule has 1 radical (unpaired) electrons. The van der Waals surface area contributed by atoms with Gasteiger partial charge < -0.3 is 5.11 Å². The average molecular weight is 210 g/mol. The van der Waals surface area contributed by atoms with Crippen LogP contribution in [0.5, 0.6) is 0 Å². The molecule has 0 aliphatic rings. The minimum atomic E-state index is 0.304. The van der Waals surface area contributed by atoms with E-state index in [-0.39, 0.29) is 0 Å². The molecule has 0 aliphatic carbocycles. The maximum Gasteiger partial charge on any atom is 0.111 e. The van der Waals surface area contributed by atoms with Crippen molar-refractivity contribution >= 4 is 34.8 Å². The zero-order chi connectivity index (χ0) is 8.43. The van der Waals surface area contributed by atoms with Crippen LogP contribution < -0.4 is 0 Å². The number of aliphatic hydroxyl groups is 1. The van der Waals surface area contributed by atoms with Crippen molar-refractivity contribution in [3.63, 3.8) is 0 Å². The molecule has 11 heavy (non-hydrogen) atoms. The molecule has 1 aromatic carbocycles. The van der Waals surface area contributed by atoms with Gasteiger partial charge in [-0.3, -0.25) is 0 Å². The number of aliphatic hydroxyl groups excluding tert-OH is 1. The summed E-state index contributed by atoms with van der Waals surface area (Å²) < 4.78 is 0. The molecule has 59 valence electrons. The Bertz CT molecular complexity index is 273. The van der Waals surface area contributed by atoms with Gasteiger partial charge in [-0.25, -0.2) is 0 Å². The van der Waals surface area contributed by atoms with Gasteiger partial charge in [-0.2, -0.15) is 0 Å². The van der Waals surface area contributed by atoms with Crippen molar-refractivity contribution in [1.29, 1.82) is 0 Å². The molecule has 0 amide bonds. The monoisotopic (exact) mass is 209 g/mol. The largest absolute Gasteiger partial charge is 0.385 e. The molecule has 0 aromatic heterocycles. The van der Waals surface area contributed by atoms with E-state index in [2.05, 4.69) is 0 Å². The Kier molecular flexibility index (Phi) is 3.02. The van der Waals surface area contributed by atoms with Crippen LogP contribution in [0, 0.1) is 6.61 Å². The van der Waals surface area contributed by atoms with Crippen LogP contribution in [0.1, 0.15) is 5.56 Å². The Morgan fingerprint density at radius 3 is 2.36 bits per heavy atom. The first kappa shape index (κ1) is 9.14. The molecule has 0 aliphatic heterocycles. The summed E-state index contributed by atoms with van der Waals surface area (Å²) in [6.07, 6.45) is 0. The second-order valence-electron chi connectivity index (χ2n) is 1.92. The third-order valence-electron chi connectivity index (χ3n) is 1.16. The van der Waals surface area contributed by atoms with Gasteiger partial charge in [-0.1, -0.05) is 34.8 Å². The summed E-state index contributed by atoms with van der Waals surface area (Å²) in [5, 5.41) is 9.72. The van der Waals surface area contributed by atoms with Gasteiger partial charge in [-0.05, 0) is 12.1 Å². The second-order valence-corrected chi connectivity index (χ2v) is 3.14. The maximum atomic E-state index is 8.64. The number of halogens is 3. The lowest BCUT2D eigenvalue weighted by molar-refractivity contribution is 0.415. The quantitative estimate of drug-likeness (QED) is 0.703. The molecular weight excluding hydrogens is 206 g/mol. The summed E-state index contributed by atoms with van der Waals surface area (Å²) >= 11 is 17.0. The molecule has 4 heteroatoms. The summed E-state index contributed by atoms with van der Waals surface area (Å²) in [6.45, 7) is 0.861. The van der Waals surface area contributed by atoms with E-state index in [4.69, 9.17) is 39.9 Å². The topological polar surface area (TPSA) is 20.2 Å². The Hall–Kier alpha value is 0.0500. The average Bonchev–Trinajstić information content (AvgIpc) is 1.96. The maximum absolute atomic E-state index is 8.64. The van der Waals surface area contributed by atoms with Crippen LogP contribution in [0.3, 0.4) is 0 Å². The summed E-state index contributed by atoms with van der Waals surface area (Å²) in [7, 11) is 0. The minimum Gasteiger partial charge on any atom is -0.385 e. The van der Waals surface area contributed by atoms with E-state index in [1.807, 2.05) is 0 Å². The molecule has 0 heterocycles. The first-order valence-corrected chi connectivity index (χ1v) is 3.90. The SMILES string of the molecule is O[CH]c1cc(Cl)cc(Cl)c1Cl. The van der Waals surface area contributed by atoms with Gasteiger partial charge in [0.1, 0.15) is 6.61 Å². The minimum absolute atomic E-state index is 0.304. The molecule has 0 bridgehead atoms. The first-order valence-electron chi connectivity index (χ1n) is 2.77. The Labute approximate surface area is 79.5 Å². The normalized spacial score (nSPS) is 10.2. The van der Waals surface area contributed by atoms with Crippen molar-refractivity contribution < 1.29 is 5.11 Å². The van der Waals surface area contributed by atoms with Gasteiger partial charge in [0.05, 0.1) is 10.0 Å². The van der Waals surface area contributed by atoms with E-state index >= 15 is 0 Å². The van der Waals surface area contributed by atoms with E-state index < -0.39 is 0 Å². The highest BCUT2D eigenvalue weighted by Crippen LogP contribution is 2.29. The van der Waals surface area contributed by atoms with Gasteiger partial charge in [0, 0.05) is 10.6 Å². The van der Waals surface area contributed by atoms with Gasteiger partial charge in [0.2, 0.25) is 0 Å². The lowest BCUT2D eigenvalue weighted by atomic mass is 10.2. The van der Waals surface area contributed by atoms with E-state index in [0.717, 1.165) is 6.61 Å². The van der Waals surface area contributed by atoms with E-state index in [1.54, 1.807) is 0 Å². The highest BCUT2D eigenvalue weighted by atomic mass is 35.5. The van der Waals surface area contributed by atoms with Gasteiger partial charge in [0.25, 0.3) is 0 Å². The second kappa shape index (κ2) is 3.63. The van der Waals surface area contributed by atoms with E-state index in [1.165, 1.54) is 12.1 Å². The summed E-state index contributed by atoms with van der Waals surface area (Å²) in [6, 6.07) is 3.04. The van der Waals surface area contributed by atoms with Crippen molar-refractivity contribution in [2.24, 2.45) is 0 Å². The van der Waals surface area contributed by atoms with Crippen LogP contribution in [0.2, 0.25) is 15.1 Å². The fourth-order valence-electron chi connectivity index (χ4n) is 0.670. The smallest absolute Gasteiger partial charge is 0.111 e. The van der Waals surface area contributed by atoms with Crippen LogP contribution in [-0.4, -0.2) is 5.11 Å². The highest BCUT2D eigenvalue weighted by Gasteiger charge is 2.05. The zero-order valence-electron chi connectivity index (χ0n) is 5.31. The molecule has 0 unspecified atom stereocenters. The number of rotatable bonds is 1. The molecule has 0 spiro atoms. The fraction of sp³-hybridized carbons (Fsp3) is 0. The lowest BCUT2D eigenvalue weighted by Crippen LogP contribution is -1.82. The predicted octanol–water partition coefficient (Wildman–Crippen LogP) is 3.53. The molecule has 0 fully saturated rings. The molecule has 0 saturated heterocycles. The predicted molar refractivity (Wildman–Crippen MR) is 46.8 cm³/mol. The van der Waals surface area contributed by atoms with E-state index in [9.17, 15) is 0 Å². The third-order valence-corrected chi connectivity index (χ3v) is 2.20. The summed E-state index contributed by atoms with van der Waals surface area (Å²) in [5.41, 5.74) is 0.421. The van der Waals surface area contributed by atoms with Crippen LogP contribution in [-0.2, 0) is 0 Å². The molecule has 0 saturated carbocycles. The molecule has 1 aromatic rings. The van der Waals surface area contributed by atoms with Crippen molar-refractivity contribution in [3.05, 3.63) is 39.4 Å². The third kappa shape index (κ3) is 2.00. The lowest BCUT2D eigenvalue weighted by Gasteiger charge is -2.01. The first-order chi connectivity index (χ1) is 5.15. The molecule has 1 rings (SSSR count). The number of hydrogen-bond donors (Lipinski definition) is 1. The zero-order valence-corrected chi connectivity index (χ0v) is 7.58. The molecule has 0 atom stereocenters. The van der Waals surface area contributed by atoms with Crippen molar-refractivity contribution in [3.8, 4) is 0 Å². The number of benzene rings is 1. The van der Waals surface area contributed by atoms with Gasteiger partial charge >= 0.3 is 0 Å². The Morgan fingerprint density at radius 1 is 1.18 bits per heavy atom. The molecular formula is C7H4Cl3O. The van der Waals surface area contributed by atoms with Gasteiger partial charge in [-0.15, -0.1) is 0 Å². The standard InChI is InChI=1S/C7H4Cl3O/c8-5-1-4(3-11)7(10)6(9)2-5/h1-3,11H. The van der Waals surface area contributed by atoms with Gasteiger partial charge in [0.15, 0.2) is 0 Å². The van der Waals surface area contributed by atoms with Crippen molar-refractivity contribution in [1.82, 2.24) is 0 Å². The van der Waals surface area contributed by atoms with Crippen LogP contribution in [0.25, 0.3) is 0 Å². The number of hydrogen-bond acceptors (Lipinski definition) is 1. The molecule has 1 N–H and O–H groups in total. The Balaban J connectivity index is 3.24. The molecule has 1 nitrogen and oxygen atoms in total. The van der Waals surface area contributed by atoms with Crippen molar-refractivity contribution in [2.75, 3.05) is 0 Å². The Morgan fingerprint density at radius 2 is 1.82 bits per heavy atom.